The summed E-state index contributed by atoms with van der Waals surface area (Å²) in [6.07, 6.45) is 4.14. The van der Waals surface area contributed by atoms with Gasteiger partial charge in [-0.05, 0) is 56.4 Å². The van der Waals surface area contributed by atoms with Crippen molar-refractivity contribution in [2.75, 3.05) is 19.8 Å². The van der Waals surface area contributed by atoms with Gasteiger partial charge in [0.15, 0.2) is 0 Å². The summed E-state index contributed by atoms with van der Waals surface area (Å²) >= 11 is 1.59. The molecular formula is C20H24FN3O2S. The van der Waals surface area contributed by atoms with E-state index in [-0.39, 0.29) is 17.8 Å². The Morgan fingerprint density at radius 2 is 2.07 bits per heavy atom. The molecule has 2 aliphatic rings. The zero-order valence-electron chi connectivity index (χ0n) is 15.2. The van der Waals surface area contributed by atoms with E-state index in [0.717, 1.165) is 40.4 Å². The van der Waals surface area contributed by atoms with Crippen LogP contribution in [0, 0.1) is 11.2 Å². The van der Waals surface area contributed by atoms with Gasteiger partial charge >= 0.3 is 0 Å². The minimum absolute atomic E-state index is 0.0285. The third-order valence-electron chi connectivity index (χ3n) is 5.67. The number of hydrogen-bond donors (Lipinski definition) is 2. The average Bonchev–Trinajstić information content (AvgIpc) is 3.14. The zero-order valence-corrected chi connectivity index (χ0v) is 16.0. The predicted octanol–water partition coefficient (Wildman–Crippen LogP) is 3.20. The Hall–Kier alpha value is -1.83. The largest absolute Gasteiger partial charge is 0.381 e. The van der Waals surface area contributed by atoms with Crippen molar-refractivity contribution in [3.05, 3.63) is 40.7 Å². The predicted molar refractivity (Wildman–Crippen MR) is 103 cm³/mol. The molecule has 4 rings (SSSR count). The summed E-state index contributed by atoms with van der Waals surface area (Å²) in [5, 5.41) is 4.12. The number of carbonyl (C=O) groups is 1. The first-order valence-corrected chi connectivity index (χ1v) is 10.3. The Morgan fingerprint density at radius 1 is 1.33 bits per heavy atom. The van der Waals surface area contributed by atoms with Gasteiger partial charge in [0.05, 0.1) is 22.0 Å². The number of hydrogen-bond acceptors (Lipinski definition) is 5. The molecule has 3 N–H and O–H groups in total. The molecule has 0 saturated carbocycles. The maximum atomic E-state index is 13.2. The molecule has 5 nitrogen and oxygen atoms in total. The molecule has 1 aromatic heterocycles. The number of ether oxygens (including phenoxy) is 1. The lowest BCUT2D eigenvalue weighted by Crippen LogP contribution is -2.50. The third kappa shape index (κ3) is 3.63. The van der Waals surface area contributed by atoms with Gasteiger partial charge in [-0.15, -0.1) is 11.3 Å². The number of nitrogens with two attached hydrogens (primary N) is 1. The van der Waals surface area contributed by atoms with E-state index in [1.165, 1.54) is 12.1 Å². The highest BCUT2D eigenvalue weighted by Gasteiger charge is 2.40. The van der Waals surface area contributed by atoms with Crippen molar-refractivity contribution in [2.24, 2.45) is 11.1 Å². The lowest BCUT2D eigenvalue weighted by atomic mass is 9.79. The SMILES string of the molecule is NCC1(C(=O)NC2CCCc3nc(-c4ccc(F)cc4)sc32)CCOCC1. The van der Waals surface area contributed by atoms with E-state index in [9.17, 15) is 9.18 Å². The summed E-state index contributed by atoms with van der Waals surface area (Å²) in [5.74, 6) is -0.225. The number of amides is 1. The number of carbonyl (C=O) groups excluding carboxylic acids is 1. The molecule has 1 atom stereocenters. The Kier molecular flexibility index (Phi) is 5.25. The van der Waals surface area contributed by atoms with E-state index in [0.29, 0.717) is 32.6 Å². The zero-order chi connectivity index (χ0) is 18.9. The van der Waals surface area contributed by atoms with Gasteiger partial charge in [0.1, 0.15) is 10.8 Å². The molecule has 0 spiro atoms. The molecule has 1 aliphatic heterocycles. The van der Waals surface area contributed by atoms with E-state index < -0.39 is 5.41 Å². The molecule has 1 aliphatic carbocycles. The molecule has 27 heavy (non-hydrogen) atoms. The maximum Gasteiger partial charge on any atom is 0.228 e. The normalized spacial score (nSPS) is 21.5. The van der Waals surface area contributed by atoms with Gasteiger partial charge in [-0.2, -0.15) is 0 Å². The number of nitrogens with zero attached hydrogens (tertiary/aromatic N) is 1. The Morgan fingerprint density at radius 3 is 2.78 bits per heavy atom. The van der Waals surface area contributed by atoms with Crippen LogP contribution in [-0.4, -0.2) is 30.6 Å². The van der Waals surface area contributed by atoms with Crippen molar-refractivity contribution in [3.63, 3.8) is 0 Å². The highest BCUT2D eigenvalue weighted by atomic mass is 32.1. The van der Waals surface area contributed by atoms with Crippen molar-refractivity contribution in [3.8, 4) is 10.6 Å². The molecule has 144 valence electrons. The molecule has 1 saturated heterocycles. The number of aromatic nitrogens is 1. The highest BCUT2D eigenvalue weighted by Crippen LogP contribution is 2.39. The fourth-order valence-electron chi connectivity index (χ4n) is 3.87. The van der Waals surface area contributed by atoms with Gasteiger partial charge in [-0.25, -0.2) is 9.37 Å². The third-order valence-corrected chi connectivity index (χ3v) is 6.93. The highest BCUT2D eigenvalue weighted by molar-refractivity contribution is 7.15. The van der Waals surface area contributed by atoms with Crippen LogP contribution in [0.3, 0.4) is 0 Å². The molecule has 0 bridgehead atoms. The van der Waals surface area contributed by atoms with E-state index in [4.69, 9.17) is 15.5 Å². The molecule has 0 radical (unpaired) electrons. The summed E-state index contributed by atoms with van der Waals surface area (Å²) in [6.45, 7) is 1.50. The van der Waals surface area contributed by atoms with Gasteiger partial charge < -0.3 is 15.8 Å². The molecule has 7 heteroatoms. The van der Waals surface area contributed by atoms with Gasteiger partial charge in [-0.1, -0.05) is 0 Å². The number of benzene rings is 1. The summed E-state index contributed by atoms with van der Waals surface area (Å²) in [4.78, 5) is 18.9. The fourth-order valence-corrected chi connectivity index (χ4v) is 5.07. The van der Waals surface area contributed by atoms with Crippen LogP contribution in [0.1, 0.15) is 42.3 Å². The van der Waals surface area contributed by atoms with E-state index in [1.807, 2.05) is 0 Å². The van der Waals surface area contributed by atoms with Crippen molar-refractivity contribution >= 4 is 17.2 Å². The van der Waals surface area contributed by atoms with Crippen LogP contribution in [0.4, 0.5) is 4.39 Å². The summed E-state index contributed by atoms with van der Waals surface area (Å²) in [5.41, 5.74) is 7.40. The quantitative estimate of drug-likeness (QED) is 0.842. The molecule has 2 heterocycles. The number of rotatable bonds is 4. The van der Waals surface area contributed by atoms with Crippen LogP contribution in [0.15, 0.2) is 24.3 Å². The van der Waals surface area contributed by atoms with E-state index in [1.54, 1.807) is 23.5 Å². The van der Waals surface area contributed by atoms with Gasteiger partial charge in [0.2, 0.25) is 5.91 Å². The van der Waals surface area contributed by atoms with Crippen LogP contribution in [-0.2, 0) is 16.0 Å². The summed E-state index contributed by atoms with van der Waals surface area (Å²) in [6, 6.07) is 6.37. The molecular weight excluding hydrogens is 365 g/mol. The first-order valence-electron chi connectivity index (χ1n) is 9.46. The number of halogens is 1. The maximum absolute atomic E-state index is 13.2. The van der Waals surface area contributed by atoms with Gasteiger partial charge in [-0.3, -0.25) is 4.79 Å². The second kappa shape index (κ2) is 7.66. The van der Waals surface area contributed by atoms with E-state index in [2.05, 4.69) is 5.32 Å². The number of nitrogens with one attached hydrogen (secondary N) is 1. The molecule has 1 fully saturated rings. The first kappa shape index (κ1) is 18.5. The van der Waals surface area contributed by atoms with Crippen LogP contribution in [0.2, 0.25) is 0 Å². The lowest BCUT2D eigenvalue weighted by Gasteiger charge is -2.36. The molecule has 2 aromatic rings. The summed E-state index contributed by atoms with van der Waals surface area (Å²) in [7, 11) is 0. The first-order chi connectivity index (χ1) is 13.1. The Bertz CT molecular complexity index is 815. The van der Waals surface area contributed by atoms with Crippen LogP contribution >= 0.6 is 11.3 Å². The van der Waals surface area contributed by atoms with Crippen molar-refractivity contribution in [1.29, 1.82) is 0 Å². The fraction of sp³-hybridized carbons (Fsp3) is 0.500. The van der Waals surface area contributed by atoms with Crippen molar-refractivity contribution < 1.29 is 13.9 Å². The molecule has 1 aromatic carbocycles. The van der Waals surface area contributed by atoms with Crippen LogP contribution in [0.5, 0.6) is 0 Å². The average molecular weight is 389 g/mol. The minimum atomic E-state index is -0.527. The van der Waals surface area contributed by atoms with Crippen LogP contribution in [0.25, 0.3) is 10.6 Å². The molecule has 1 amide bonds. The number of aryl methyl sites for hydroxylation is 1. The second-order valence-corrected chi connectivity index (χ2v) is 8.38. The number of fused-ring (bicyclic) bond motifs is 1. The lowest BCUT2D eigenvalue weighted by molar-refractivity contribution is -0.136. The standard InChI is InChI=1S/C20H24FN3O2S/c21-14-6-4-13(5-7-14)18-23-15-2-1-3-16(17(15)27-18)24-19(25)20(12-22)8-10-26-11-9-20/h4-7,16H,1-3,8-12,22H2,(H,24,25). The smallest absolute Gasteiger partial charge is 0.228 e. The monoisotopic (exact) mass is 389 g/mol. The van der Waals surface area contributed by atoms with Crippen molar-refractivity contribution in [2.45, 2.75) is 38.1 Å². The van der Waals surface area contributed by atoms with Gasteiger partial charge in [0.25, 0.3) is 0 Å². The Labute approximate surface area is 162 Å². The number of thiazole rings is 1. The minimum Gasteiger partial charge on any atom is -0.381 e. The molecule has 1 unspecified atom stereocenters. The van der Waals surface area contributed by atoms with Crippen molar-refractivity contribution in [1.82, 2.24) is 10.3 Å². The Balaban J connectivity index is 1.56. The second-order valence-electron chi connectivity index (χ2n) is 7.35. The van der Waals surface area contributed by atoms with E-state index >= 15 is 0 Å². The topological polar surface area (TPSA) is 77.2 Å². The van der Waals surface area contributed by atoms with Crippen LogP contribution < -0.4 is 11.1 Å². The summed E-state index contributed by atoms with van der Waals surface area (Å²) < 4.78 is 18.6. The van der Waals surface area contributed by atoms with Gasteiger partial charge in [0, 0.05) is 25.3 Å².